The highest BCUT2D eigenvalue weighted by molar-refractivity contribution is 7.88. The Morgan fingerprint density at radius 1 is 1.28 bits per heavy atom. The minimum Gasteiger partial charge on any atom is -0.326 e. The van der Waals surface area contributed by atoms with Gasteiger partial charge in [0.2, 0.25) is 10.0 Å². The van der Waals surface area contributed by atoms with Gasteiger partial charge in [0, 0.05) is 19.1 Å². The van der Waals surface area contributed by atoms with Crippen LogP contribution in [0.4, 0.5) is 0 Å². The SMILES string of the molecule is CC1CN(S(=O)(=O)Cc2ccccc2)CC1N.Cl. The Labute approximate surface area is 115 Å². The van der Waals surface area contributed by atoms with Gasteiger partial charge in [0.1, 0.15) is 0 Å². The van der Waals surface area contributed by atoms with Crippen molar-refractivity contribution in [2.75, 3.05) is 13.1 Å². The molecule has 0 aromatic heterocycles. The number of nitrogens with zero attached hydrogens (tertiary/aromatic N) is 1. The number of rotatable bonds is 3. The van der Waals surface area contributed by atoms with Crippen molar-refractivity contribution >= 4 is 22.4 Å². The maximum absolute atomic E-state index is 12.2. The lowest BCUT2D eigenvalue weighted by atomic mass is 10.1. The number of halogens is 1. The predicted octanol–water partition coefficient (Wildman–Crippen LogP) is 1.22. The largest absolute Gasteiger partial charge is 0.326 e. The van der Waals surface area contributed by atoms with Crippen LogP contribution in [0.2, 0.25) is 0 Å². The average molecular weight is 291 g/mol. The Kier molecular flexibility index (Phi) is 5.16. The zero-order valence-corrected chi connectivity index (χ0v) is 12.0. The van der Waals surface area contributed by atoms with Gasteiger partial charge in [0.05, 0.1) is 5.75 Å². The molecule has 0 radical (unpaired) electrons. The van der Waals surface area contributed by atoms with Gasteiger partial charge in [-0.2, -0.15) is 4.31 Å². The van der Waals surface area contributed by atoms with Gasteiger partial charge in [-0.1, -0.05) is 37.3 Å². The first kappa shape index (κ1) is 15.4. The number of nitrogens with two attached hydrogens (primary N) is 1. The van der Waals surface area contributed by atoms with Gasteiger partial charge >= 0.3 is 0 Å². The molecule has 0 saturated carbocycles. The zero-order valence-electron chi connectivity index (χ0n) is 10.3. The quantitative estimate of drug-likeness (QED) is 0.910. The van der Waals surface area contributed by atoms with Crippen LogP contribution in [0.1, 0.15) is 12.5 Å². The summed E-state index contributed by atoms with van der Waals surface area (Å²) in [6.07, 6.45) is 0. The third-order valence-corrected chi connectivity index (χ3v) is 5.01. The smallest absolute Gasteiger partial charge is 0.218 e. The molecule has 0 aliphatic carbocycles. The van der Waals surface area contributed by atoms with Crippen LogP contribution in [0.5, 0.6) is 0 Å². The molecule has 0 bridgehead atoms. The molecule has 6 heteroatoms. The van der Waals surface area contributed by atoms with E-state index in [4.69, 9.17) is 5.73 Å². The van der Waals surface area contributed by atoms with E-state index in [9.17, 15) is 8.42 Å². The van der Waals surface area contributed by atoms with E-state index in [-0.39, 0.29) is 30.1 Å². The standard InChI is InChI=1S/C12H18N2O2S.ClH/c1-10-7-14(8-12(10)13)17(15,16)9-11-5-3-2-4-6-11;/h2-6,10,12H,7-9,13H2,1H3;1H. The molecular formula is C12H19ClN2O2S. The van der Waals surface area contributed by atoms with Crippen LogP contribution in [0, 0.1) is 5.92 Å². The Balaban J connectivity index is 0.00000162. The van der Waals surface area contributed by atoms with Crippen molar-refractivity contribution in [3.8, 4) is 0 Å². The van der Waals surface area contributed by atoms with Gasteiger partial charge in [0.25, 0.3) is 0 Å². The maximum Gasteiger partial charge on any atom is 0.218 e. The summed E-state index contributed by atoms with van der Waals surface area (Å²) in [5.74, 6) is 0.299. The summed E-state index contributed by atoms with van der Waals surface area (Å²) >= 11 is 0. The minimum atomic E-state index is -3.23. The average Bonchev–Trinajstić information content (AvgIpc) is 2.61. The molecule has 18 heavy (non-hydrogen) atoms. The van der Waals surface area contributed by atoms with Gasteiger partial charge < -0.3 is 5.73 Å². The lowest BCUT2D eigenvalue weighted by molar-refractivity contribution is 0.463. The molecule has 1 aliphatic heterocycles. The highest BCUT2D eigenvalue weighted by Gasteiger charge is 2.34. The molecule has 0 spiro atoms. The Morgan fingerprint density at radius 2 is 1.89 bits per heavy atom. The number of hydrogen-bond acceptors (Lipinski definition) is 3. The molecule has 1 heterocycles. The molecule has 4 nitrogen and oxygen atoms in total. The van der Waals surface area contributed by atoms with Crippen LogP contribution >= 0.6 is 12.4 Å². The van der Waals surface area contributed by atoms with E-state index in [1.54, 1.807) is 0 Å². The lowest BCUT2D eigenvalue weighted by Crippen LogP contribution is -2.33. The lowest BCUT2D eigenvalue weighted by Gasteiger charge is -2.15. The van der Waals surface area contributed by atoms with Gasteiger partial charge in [0.15, 0.2) is 0 Å². The van der Waals surface area contributed by atoms with Crippen LogP contribution in [-0.4, -0.2) is 31.9 Å². The molecule has 2 N–H and O–H groups in total. The third kappa shape index (κ3) is 3.45. The molecule has 2 unspecified atom stereocenters. The van der Waals surface area contributed by atoms with Crippen LogP contribution in [0.3, 0.4) is 0 Å². The van der Waals surface area contributed by atoms with Crippen molar-refractivity contribution in [3.63, 3.8) is 0 Å². The molecule has 1 saturated heterocycles. The summed E-state index contributed by atoms with van der Waals surface area (Å²) in [5.41, 5.74) is 6.67. The molecule has 1 aromatic carbocycles. The second kappa shape index (κ2) is 6.02. The first-order valence-corrected chi connectivity index (χ1v) is 7.37. The topological polar surface area (TPSA) is 63.4 Å². The summed E-state index contributed by atoms with van der Waals surface area (Å²) in [4.78, 5) is 0. The third-order valence-electron chi connectivity index (χ3n) is 3.22. The highest BCUT2D eigenvalue weighted by Crippen LogP contribution is 2.20. The van der Waals surface area contributed by atoms with E-state index in [1.165, 1.54) is 4.31 Å². The number of sulfonamides is 1. The summed E-state index contributed by atoms with van der Waals surface area (Å²) in [5, 5.41) is 0. The normalized spacial score (nSPS) is 24.8. The van der Waals surface area contributed by atoms with Crippen molar-refractivity contribution < 1.29 is 8.42 Å². The summed E-state index contributed by atoms with van der Waals surface area (Å²) < 4.78 is 25.8. The van der Waals surface area contributed by atoms with E-state index in [0.717, 1.165) is 5.56 Å². The molecule has 2 atom stereocenters. The fourth-order valence-corrected chi connectivity index (χ4v) is 3.71. The molecule has 1 fully saturated rings. The van der Waals surface area contributed by atoms with Gasteiger partial charge in [-0.15, -0.1) is 12.4 Å². The van der Waals surface area contributed by atoms with Gasteiger partial charge in [-0.25, -0.2) is 8.42 Å². The fraction of sp³-hybridized carbons (Fsp3) is 0.500. The first-order chi connectivity index (χ1) is 7.99. The molecule has 2 rings (SSSR count). The van der Waals surface area contributed by atoms with Gasteiger partial charge in [-0.05, 0) is 11.5 Å². The molecule has 102 valence electrons. The van der Waals surface area contributed by atoms with Crippen molar-refractivity contribution in [3.05, 3.63) is 35.9 Å². The van der Waals surface area contributed by atoms with Crippen LogP contribution in [-0.2, 0) is 15.8 Å². The minimum absolute atomic E-state index is 0. The van der Waals surface area contributed by atoms with Crippen molar-refractivity contribution in [1.82, 2.24) is 4.31 Å². The van der Waals surface area contributed by atoms with E-state index >= 15 is 0 Å². The summed E-state index contributed by atoms with van der Waals surface area (Å²) in [7, 11) is -3.23. The van der Waals surface area contributed by atoms with Crippen LogP contribution < -0.4 is 5.73 Å². The highest BCUT2D eigenvalue weighted by atomic mass is 35.5. The van der Waals surface area contributed by atoms with Crippen molar-refractivity contribution in [2.45, 2.75) is 18.7 Å². The van der Waals surface area contributed by atoms with E-state index < -0.39 is 10.0 Å². The molecule has 1 aromatic rings. The first-order valence-electron chi connectivity index (χ1n) is 5.76. The molecule has 1 aliphatic rings. The Morgan fingerprint density at radius 3 is 2.39 bits per heavy atom. The van der Waals surface area contributed by atoms with E-state index in [1.807, 2.05) is 37.3 Å². The second-order valence-electron chi connectivity index (χ2n) is 4.70. The van der Waals surface area contributed by atoms with Crippen LogP contribution in [0.15, 0.2) is 30.3 Å². The Bertz CT molecular complexity index is 468. The monoisotopic (exact) mass is 290 g/mol. The predicted molar refractivity (Wildman–Crippen MR) is 75.0 cm³/mol. The fourth-order valence-electron chi connectivity index (χ4n) is 2.05. The second-order valence-corrected chi connectivity index (χ2v) is 6.67. The number of benzene rings is 1. The van der Waals surface area contributed by atoms with E-state index in [2.05, 4.69) is 0 Å². The van der Waals surface area contributed by atoms with Crippen molar-refractivity contribution in [1.29, 1.82) is 0 Å². The summed E-state index contributed by atoms with van der Waals surface area (Å²) in [6.45, 7) is 2.97. The van der Waals surface area contributed by atoms with Gasteiger partial charge in [-0.3, -0.25) is 0 Å². The molecule has 0 amide bonds. The number of hydrogen-bond donors (Lipinski definition) is 1. The van der Waals surface area contributed by atoms with Crippen LogP contribution in [0.25, 0.3) is 0 Å². The summed E-state index contributed by atoms with van der Waals surface area (Å²) in [6, 6.07) is 9.20. The zero-order chi connectivity index (χ0) is 12.5. The van der Waals surface area contributed by atoms with E-state index in [0.29, 0.717) is 13.1 Å². The Hall–Kier alpha value is -0.620. The molecular weight excluding hydrogens is 272 g/mol. The van der Waals surface area contributed by atoms with Crippen molar-refractivity contribution in [2.24, 2.45) is 11.7 Å². The maximum atomic E-state index is 12.2.